The molecule has 0 aliphatic heterocycles. The minimum atomic E-state index is -0.538. The number of rotatable bonds is 1. The molecule has 0 N–H and O–H groups in total. The molecule has 0 bridgehead atoms. The van der Waals surface area contributed by atoms with Crippen molar-refractivity contribution in [1.29, 1.82) is 5.26 Å². The number of hydrogen-bond donors (Lipinski definition) is 0. The van der Waals surface area contributed by atoms with Crippen molar-refractivity contribution in [3.8, 4) is 6.07 Å². The van der Waals surface area contributed by atoms with Crippen LogP contribution in [0, 0.1) is 17.1 Å². The van der Waals surface area contributed by atoms with Crippen LogP contribution in [0.2, 0.25) is 5.02 Å². The molecule has 0 saturated heterocycles. The lowest BCUT2D eigenvalue weighted by Crippen LogP contribution is -1.86. The highest BCUT2D eigenvalue weighted by Gasteiger charge is 2.09. The lowest BCUT2D eigenvalue weighted by atomic mass is 10.2. The molecule has 0 aliphatic carbocycles. The second-order valence-corrected chi connectivity index (χ2v) is 3.03. The smallest absolute Gasteiger partial charge is 0.133 e. The predicted octanol–water partition coefficient (Wildman–Crippen LogP) is 3.58. The molecule has 1 aromatic rings. The molecule has 0 spiro atoms. The average molecular weight is 216 g/mol. The van der Waals surface area contributed by atoms with E-state index in [4.69, 9.17) is 28.5 Å². The highest BCUT2D eigenvalue weighted by atomic mass is 35.5. The van der Waals surface area contributed by atoms with E-state index in [2.05, 4.69) is 0 Å². The van der Waals surface area contributed by atoms with Crippen LogP contribution >= 0.6 is 23.2 Å². The first-order valence-electron chi connectivity index (χ1n) is 3.36. The van der Waals surface area contributed by atoms with Gasteiger partial charge in [0.05, 0.1) is 16.1 Å². The van der Waals surface area contributed by atoms with Gasteiger partial charge in [-0.1, -0.05) is 29.3 Å². The van der Waals surface area contributed by atoms with Crippen LogP contribution < -0.4 is 0 Å². The van der Waals surface area contributed by atoms with Crippen LogP contribution in [0.15, 0.2) is 24.3 Å². The van der Waals surface area contributed by atoms with E-state index in [0.717, 1.165) is 6.08 Å². The Morgan fingerprint density at radius 1 is 1.54 bits per heavy atom. The largest absolute Gasteiger partial charge is 0.206 e. The van der Waals surface area contributed by atoms with Crippen LogP contribution in [0.25, 0.3) is 5.03 Å². The fourth-order valence-corrected chi connectivity index (χ4v) is 1.41. The fraction of sp³-hybridized carbons (Fsp3) is 0. The Balaban J connectivity index is 3.30. The van der Waals surface area contributed by atoms with Gasteiger partial charge in [-0.05, 0) is 12.1 Å². The van der Waals surface area contributed by atoms with Crippen molar-refractivity contribution in [2.45, 2.75) is 0 Å². The van der Waals surface area contributed by atoms with E-state index in [0.29, 0.717) is 0 Å². The molecule has 0 heterocycles. The molecule has 0 saturated carbocycles. The number of allylic oxidation sites excluding steroid dienone is 1. The summed E-state index contributed by atoms with van der Waals surface area (Å²) in [5, 5.41) is 8.50. The van der Waals surface area contributed by atoms with Crippen molar-refractivity contribution in [1.82, 2.24) is 0 Å². The zero-order valence-corrected chi connectivity index (χ0v) is 7.90. The van der Waals surface area contributed by atoms with Gasteiger partial charge in [-0.3, -0.25) is 0 Å². The van der Waals surface area contributed by atoms with Gasteiger partial charge in [0.1, 0.15) is 5.82 Å². The van der Waals surface area contributed by atoms with Gasteiger partial charge in [-0.25, -0.2) is 4.39 Å². The van der Waals surface area contributed by atoms with E-state index in [1.165, 1.54) is 18.2 Å². The van der Waals surface area contributed by atoms with Gasteiger partial charge in [0, 0.05) is 11.6 Å². The molecule has 1 rings (SSSR count). The summed E-state index contributed by atoms with van der Waals surface area (Å²) >= 11 is 11.3. The van der Waals surface area contributed by atoms with E-state index in [1.807, 2.05) is 0 Å². The van der Waals surface area contributed by atoms with E-state index in [-0.39, 0.29) is 15.6 Å². The van der Waals surface area contributed by atoms with Crippen molar-refractivity contribution < 1.29 is 4.39 Å². The molecule has 0 amide bonds. The molecule has 1 nitrogen and oxygen atoms in total. The molecule has 0 atom stereocenters. The minimum absolute atomic E-state index is 0.00519. The first-order valence-corrected chi connectivity index (χ1v) is 4.12. The summed E-state index contributed by atoms with van der Waals surface area (Å²) < 4.78 is 13.1. The highest BCUT2D eigenvalue weighted by molar-refractivity contribution is 6.50. The minimum Gasteiger partial charge on any atom is -0.206 e. The molecule has 13 heavy (non-hydrogen) atoms. The SMILES string of the molecule is N#C/C=C(\Cl)c1c(F)cccc1Cl. The lowest BCUT2D eigenvalue weighted by Gasteiger charge is -2.02. The number of benzene rings is 1. The number of hydrogen-bond acceptors (Lipinski definition) is 1. The summed E-state index contributed by atoms with van der Waals surface area (Å²) in [4.78, 5) is 0. The topological polar surface area (TPSA) is 23.8 Å². The molecule has 0 radical (unpaired) electrons. The van der Waals surface area contributed by atoms with Crippen molar-refractivity contribution in [3.63, 3.8) is 0 Å². The van der Waals surface area contributed by atoms with Gasteiger partial charge in [0.25, 0.3) is 0 Å². The predicted molar refractivity (Wildman–Crippen MR) is 50.9 cm³/mol. The van der Waals surface area contributed by atoms with Gasteiger partial charge in [0.2, 0.25) is 0 Å². The van der Waals surface area contributed by atoms with Crippen LogP contribution in [0.1, 0.15) is 5.56 Å². The zero-order chi connectivity index (χ0) is 9.84. The van der Waals surface area contributed by atoms with Crippen LogP contribution in [0.5, 0.6) is 0 Å². The molecular weight excluding hydrogens is 212 g/mol. The third-order valence-corrected chi connectivity index (χ3v) is 2.01. The van der Waals surface area contributed by atoms with Gasteiger partial charge >= 0.3 is 0 Å². The van der Waals surface area contributed by atoms with Crippen LogP contribution in [0.4, 0.5) is 4.39 Å². The quantitative estimate of drug-likeness (QED) is 0.658. The highest BCUT2D eigenvalue weighted by Crippen LogP contribution is 2.28. The van der Waals surface area contributed by atoms with Gasteiger partial charge in [-0.2, -0.15) is 5.26 Å². The summed E-state index contributed by atoms with van der Waals surface area (Å²) in [5.41, 5.74) is 0.0624. The normalized spacial score (nSPS) is 11.1. The van der Waals surface area contributed by atoms with Gasteiger partial charge in [0.15, 0.2) is 0 Å². The van der Waals surface area contributed by atoms with Crippen LogP contribution in [-0.4, -0.2) is 0 Å². The molecule has 0 aromatic heterocycles. The maximum Gasteiger partial charge on any atom is 0.133 e. The number of nitrogens with zero attached hydrogens (tertiary/aromatic N) is 1. The third-order valence-electron chi connectivity index (χ3n) is 1.39. The maximum atomic E-state index is 13.1. The lowest BCUT2D eigenvalue weighted by molar-refractivity contribution is 0.625. The fourth-order valence-electron chi connectivity index (χ4n) is 0.855. The second kappa shape index (κ2) is 4.27. The monoisotopic (exact) mass is 215 g/mol. The Hall–Kier alpha value is -1.04. The van der Waals surface area contributed by atoms with Crippen molar-refractivity contribution in [2.24, 2.45) is 0 Å². The summed E-state index contributed by atoms with van der Waals surface area (Å²) in [6.45, 7) is 0. The van der Waals surface area contributed by atoms with Crippen LogP contribution in [0.3, 0.4) is 0 Å². The zero-order valence-electron chi connectivity index (χ0n) is 6.39. The molecular formula is C9H4Cl2FN. The molecule has 1 aromatic carbocycles. The third kappa shape index (κ3) is 2.21. The van der Waals surface area contributed by atoms with E-state index in [9.17, 15) is 4.39 Å². The maximum absolute atomic E-state index is 13.1. The van der Waals surface area contributed by atoms with Crippen molar-refractivity contribution in [2.75, 3.05) is 0 Å². The molecule has 0 fully saturated rings. The Kier molecular flexibility index (Phi) is 3.30. The first-order chi connectivity index (χ1) is 6.16. The summed E-state index contributed by atoms with van der Waals surface area (Å²) in [6, 6.07) is 5.91. The van der Waals surface area contributed by atoms with E-state index >= 15 is 0 Å². The van der Waals surface area contributed by atoms with Crippen molar-refractivity contribution >= 4 is 28.2 Å². The first kappa shape index (κ1) is 10.0. The Labute approximate surface area is 85.0 Å². The second-order valence-electron chi connectivity index (χ2n) is 2.22. The molecule has 66 valence electrons. The summed E-state index contributed by atoms with van der Waals surface area (Å²) in [7, 11) is 0. The Morgan fingerprint density at radius 3 is 2.77 bits per heavy atom. The molecule has 4 heteroatoms. The van der Waals surface area contributed by atoms with E-state index < -0.39 is 5.82 Å². The average Bonchev–Trinajstić information content (AvgIpc) is 2.04. The van der Waals surface area contributed by atoms with Crippen molar-refractivity contribution in [3.05, 3.63) is 40.7 Å². The molecule has 0 unspecified atom stereocenters. The number of halogens is 3. The Bertz CT molecular complexity index is 373. The Morgan fingerprint density at radius 2 is 2.23 bits per heavy atom. The van der Waals surface area contributed by atoms with Crippen LogP contribution in [-0.2, 0) is 0 Å². The van der Waals surface area contributed by atoms with E-state index in [1.54, 1.807) is 6.07 Å². The standard InChI is InChI=1S/C9H4Cl2FN/c10-6-2-1-3-8(12)9(6)7(11)4-5-13/h1-4H/b7-4-. The summed E-state index contributed by atoms with van der Waals surface area (Å²) in [5.74, 6) is -0.538. The summed E-state index contributed by atoms with van der Waals surface area (Å²) in [6.07, 6.45) is 1.03. The molecule has 0 aliphatic rings. The van der Waals surface area contributed by atoms with Gasteiger partial charge < -0.3 is 0 Å². The number of nitriles is 1. The van der Waals surface area contributed by atoms with Gasteiger partial charge in [-0.15, -0.1) is 0 Å².